The number of aromatic nitrogens is 2. The summed E-state index contributed by atoms with van der Waals surface area (Å²) in [5.41, 5.74) is 3.50. The van der Waals surface area contributed by atoms with Crippen LogP contribution in [0.4, 0.5) is 0 Å². The van der Waals surface area contributed by atoms with Crippen molar-refractivity contribution in [3.8, 4) is 11.8 Å². The summed E-state index contributed by atoms with van der Waals surface area (Å²) in [6.07, 6.45) is -2.43. The summed E-state index contributed by atoms with van der Waals surface area (Å²) in [7, 11) is -16.7. The quantitative estimate of drug-likeness (QED) is 0.0838. The highest BCUT2D eigenvalue weighted by Crippen LogP contribution is 2.66. The van der Waals surface area contributed by atoms with Crippen LogP contribution in [0, 0.1) is 11.8 Å². The first-order chi connectivity index (χ1) is 15.7. The number of phosphoric ester groups is 1. The fourth-order valence-electron chi connectivity index (χ4n) is 2.63. The Morgan fingerprint density at radius 1 is 1.24 bits per heavy atom. The van der Waals surface area contributed by atoms with Crippen LogP contribution in [0.1, 0.15) is 18.2 Å². The van der Waals surface area contributed by atoms with Crippen molar-refractivity contribution in [2.45, 2.75) is 24.9 Å². The van der Waals surface area contributed by atoms with E-state index in [4.69, 9.17) is 25.1 Å². The fourth-order valence-corrected chi connectivity index (χ4v) is 5.66. The second kappa shape index (κ2) is 11.2. The first-order valence-corrected chi connectivity index (χ1v) is 13.3. The first kappa shape index (κ1) is 28.3. The molecule has 2 rings (SSSR count). The zero-order valence-electron chi connectivity index (χ0n) is 16.8. The molecule has 2 heterocycles. The van der Waals surface area contributed by atoms with Crippen LogP contribution in [0.25, 0.3) is 0 Å². The molecule has 1 aliphatic heterocycles. The number of nitrogens with one attached hydrogen (secondary N) is 1. The molecule has 21 heteroatoms. The van der Waals surface area contributed by atoms with Gasteiger partial charge in [0.1, 0.15) is 17.9 Å². The Balaban J connectivity index is 2.18. The lowest BCUT2D eigenvalue weighted by Gasteiger charge is -2.20. The number of phosphoric acid groups is 3. The van der Waals surface area contributed by atoms with Gasteiger partial charge in [0.25, 0.3) is 5.56 Å². The Morgan fingerprint density at radius 2 is 1.91 bits per heavy atom. The van der Waals surface area contributed by atoms with E-state index in [9.17, 15) is 33.1 Å². The Bertz CT molecular complexity index is 1230. The third-order valence-electron chi connectivity index (χ3n) is 3.81. The normalized spacial score (nSPS) is 23.9. The van der Waals surface area contributed by atoms with E-state index >= 15 is 0 Å². The lowest BCUT2D eigenvalue weighted by Crippen LogP contribution is -2.33. The van der Waals surface area contributed by atoms with Gasteiger partial charge in [-0.15, -0.1) is 5.16 Å². The van der Waals surface area contributed by atoms with Crippen LogP contribution in [0.2, 0.25) is 0 Å². The van der Waals surface area contributed by atoms with E-state index in [0.717, 1.165) is 10.8 Å². The van der Waals surface area contributed by atoms with Crippen molar-refractivity contribution in [3.63, 3.8) is 0 Å². The summed E-state index contributed by atoms with van der Waals surface area (Å²) < 4.78 is 52.2. The van der Waals surface area contributed by atoms with Crippen molar-refractivity contribution in [2.75, 3.05) is 13.2 Å². The van der Waals surface area contributed by atoms with Gasteiger partial charge >= 0.3 is 29.2 Å². The summed E-state index contributed by atoms with van der Waals surface area (Å²) in [5.74, 6) is 4.92. The van der Waals surface area contributed by atoms with Gasteiger partial charge in [0.05, 0.1) is 13.2 Å². The average Bonchev–Trinajstić information content (AvgIpc) is 3.06. The predicted molar refractivity (Wildman–Crippen MR) is 110 cm³/mol. The van der Waals surface area contributed by atoms with Gasteiger partial charge < -0.3 is 34.9 Å². The third kappa shape index (κ3) is 8.36. The van der Waals surface area contributed by atoms with Crippen LogP contribution in [0.15, 0.2) is 20.9 Å². The molecule has 0 saturated carbocycles. The van der Waals surface area contributed by atoms with Crippen LogP contribution < -0.4 is 17.0 Å². The van der Waals surface area contributed by atoms with E-state index in [1.165, 1.54) is 0 Å². The molecule has 1 aromatic rings. The fraction of sp³-hybridized carbons (Fsp3) is 0.462. The van der Waals surface area contributed by atoms with Crippen molar-refractivity contribution in [1.29, 1.82) is 0 Å². The number of hydrogen-bond donors (Lipinski definition) is 6. The Morgan fingerprint density at radius 3 is 2.50 bits per heavy atom. The predicted octanol–water partition coefficient (Wildman–Crippen LogP) is -1.52. The smallest absolute Gasteiger partial charge is 0.390 e. The molecule has 0 radical (unpaired) electrons. The zero-order valence-corrected chi connectivity index (χ0v) is 19.5. The monoisotopic (exact) mass is 548 g/mol. The molecule has 5 atom stereocenters. The highest BCUT2D eigenvalue weighted by Gasteiger charge is 2.44. The highest BCUT2D eigenvalue weighted by molar-refractivity contribution is 7.66. The molecule has 1 saturated heterocycles. The molecular weight excluding hydrogens is 529 g/mol. The summed E-state index contributed by atoms with van der Waals surface area (Å²) >= 11 is 0. The molecule has 0 spiro atoms. The van der Waals surface area contributed by atoms with Crippen molar-refractivity contribution in [2.24, 2.45) is 10.9 Å². The summed E-state index contributed by atoms with van der Waals surface area (Å²) in [6, 6.07) is 0. The molecule has 18 nitrogen and oxygen atoms in total. The van der Waals surface area contributed by atoms with Gasteiger partial charge in [0, 0.05) is 19.3 Å². The number of oxime groups is 1. The molecule has 0 aromatic carbocycles. The third-order valence-corrected chi connectivity index (χ3v) is 7.61. The molecule has 0 amide bonds. The second-order valence-corrected chi connectivity index (χ2v) is 10.7. The lowest BCUT2D eigenvalue weighted by atomic mass is 10.2. The van der Waals surface area contributed by atoms with Crippen LogP contribution >= 0.6 is 23.5 Å². The Hall–Kier alpha value is -1.96. The van der Waals surface area contributed by atoms with Gasteiger partial charge in [-0.3, -0.25) is 18.9 Å². The number of H-pyrrole nitrogens is 1. The minimum atomic E-state index is -5.71. The second-order valence-electron chi connectivity index (χ2n) is 6.24. The zero-order chi connectivity index (χ0) is 25.7. The molecule has 34 heavy (non-hydrogen) atoms. The van der Waals surface area contributed by atoms with Gasteiger partial charge in [-0.05, 0) is 0 Å². The van der Waals surface area contributed by atoms with Crippen molar-refractivity contribution in [1.82, 2.24) is 9.55 Å². The molecule has 0 bridgehead atoms. The maximum Gasteiger partial charge on any atom is 0.490 e. The number of nitrogens with two attached hydrogens (primary N) is 1. The number of hydrogen-bond acceptors (Lipinski definition) is 12. The molecule has 1 fully saturated rings. The standard InChI is InChI=1S/C13H19N4O14P3/c1-15-29-9-5-11(17-6-8(3-2-4-14)12(18)16-13(17)19)28-10(9)7-27-33(23,24)31-34(25,26)30-32(20,21)22/h6,9-11H,1,4-5,7,14H2,(H,23,24)(H,25,26)(H,16,18,19)(H2,20,21,22)/t9-,10+,11+/m0/s1. The van der Waals surface area contributed by atoms with E-state index in [-0.39, 0.29) is 18.5 Å². The molecular formula is C13H19N4O14P3. The van der Waals surface area contributed by atoms with E-state index in [2.05, 4.69) is 36.9 Å². The average molecular weight is 548 g/mol. The van der Waals surface area contributed by atoms with Gasteiger partial charge in [0.2, 0.25) is 0 Å². The number of rotatable bonds is 10. The van der Waals surface area contributed by atoms with E-state index < -0.39 is 59.8 Å². The van der Waals surface area contributed by atoms with Crippen molar-refractivity contribution >= 4 is 30.2 Å². The van der Waals surface area contributed by atoms with Crippen molar-refractivity contribution < 1.29 is 56.0 Å². The SMILES string of the molecule is C=NO[C@H]1C[C@H](n2cc(C#CCN)c(=O)[nH]c2=O)O[C@@H]1COP(=O)(O)OP(=O)(O)OP(=O)(O)O. The van der Waals surface area contributed by atoms with Gasteiger partial charge in [-0.25, -0.2) is 18.5 Å². The van der Waals surface area contributed by atoms with E-state index in [1.54, 1.807) is 0 Å². The van der Waals surface area contributed by atoms with Gasteiger partial charge in [-0.1, -0.05) is 11.8 Å². The number of aromatic amines is 1. The van der Waals surface area contributed by atoms with E-state index in [0.29, 0.717) is 0 Å². The minimum Gasteiger partial charge on any atom is -0.390 e. The summed E-state index contributed by atoms with van der Waals surface area (Å²) in [6.45, 7) is 2.20. The highest BCUT2D eigenvalue weighted by atomic mass is 31.3. The maximum atomic E-state index is 12.2. The van der Waals surface area contributed by atoms with Crippen LogP contribution in [0.3, 0.4) is 0 Å². The first-order valence-electron chi connectivity index (χ1n) is 8.76. The van der Waals surface area contributed by atoms with Crippen molar-refractivity contribution in [3.05, 3.63) is 32.6 Å². The topological polar surface area (TPSA) is 272 Å². The molecule has 1 aliphatic rings. The largest absolute Gasteiger partial charge is 0.490 e. The Kier molecular flexibility index (Phi) is 9.30. The number of nitrogens with zero attached hydrogens (tertiary/aromatic N) is 2. The van der Waals surface area contributed by atoms with E-state index in [1.807, 2.05) is 4.98 Å². The molecule has 2 unspecified atom stereocenters. The van der Waals surface area contributed by atoms with Crippen LogP contribution in [-0.4, -0.2) is 61.2 Å². The summed E-state index contributed by atoms with van der Waals surface area (Å²) in [4.78, 5) is 67.0. The van der Waals surface area contributed by atoms with Crippen LogP contribution in [0.5, 0.6) is 0 Å². The van der Waals surface area contributed by atoms with Gasteiger partial charge in [-0.2, -0.15) is 8.62 Å². The Labute approximate surface area is 189 Å². The lowest BCUT2D eigenvalue weighted by molar-refractivity contribution is -0.0600. The maximum absolute atomic E-state index is 12.2. The molecule has 190 valence electrons. The molecule has 0 aliphatic carbocycles. The minimum absolute atomic E-state index is 0.0535. The number of ether oxygens (including phenoxy) is 1. The molecule has 7 N–H and O–H groups in total. The van der Waals surface area contributed by atoms with Crippen LogP contribution in [-0.2, 0) is 36.4 Å². The summed E-state index contributed by atoms with van der Waals surface area (Å²) in [5, 5.41) is 3.21. The molecule has 1 aromatic heterocycles. The van der Waals surface area contributed by atoms with Gasteiger partial charge in [0.15, 0.2) is 6.10 Å².